The number of carbonyl (C=O) groups excluding carboxylic acids is 3. The average Bonchev–Trinajstić information content (AvgIpc) is 2.83. The molecule has 1 aromatic heterocycles. The van der Waals surface area contributed by atoms with Crippen molar-refractivity contribution in [3.8, 4) is 0 Å². The first kappa shape index (κ1) is 17.2. The molecular weight excluding hydrogens is 298 g/mol. The molecule has 2 rings (SSSR count). The molecule has 0 bridgehead atoms. The van der Waals surface area contributed by atoms with E-state index in [4.69, 9.17) is 9.47 Å². The minimum absolute atomic E-state index is 0.182. The molecule has 23 heavy (non-hydrogen) atoms. The van der Waals surface area contributed by atoms with Gasteiger partial charge in [0.2, 0.25) is 0 Å². The zero-order chi connectivity index (χ0) is 17.3. The summed E-state index contributed by atoms with van der Waals surface area (Å²) in [5, 5.41) is 0. The molecule has 126 valence electrons. The number of fused-ring (bicyclic) bond motifs is 1. The Hall–Kier alpha value is -2.11. The van der Waals surface area contributed by atoms with Crippen LogP contribution in [0.1, 0.15) is 59.3 Å². The zero-order valence-corrected chi connectivity index (χ0v) is 14.2. The van der Waals surface area contributed by atoms with Gasteiger partial charge >= 0.3 is 11.9 Å². The van der Waals surface area contributed by atoms with Crippen molar-refractivity contribution in [2.75, 3.05) is 7.11 Å². The van der Waals surface area contributed by atoms with E-state index in [0.29, 0.717) is 35.4 Å². The number of esters is 2. The minimum atomic E-state index is -0.819. The Bertz CT molecular complexity index is 646. The highest BCUT2D eigenvalue weighted by atomic mass is 16.5. The van der Waals surface area contributed by atoms with Crippen LogP contribution >= 0.6 is 0 Å². The molecule has 0 fully saturated rings. The van der Waals surface area contributed by atoms with Crippen LogP contribution in [0.5, 0.6) is 0 Å². The third-order valence-electron chi connectivity index (χ3n) is 4.49. The van der Waals surface area contributed by atoms with Crippen molar-refractivity contribution < 1.29 is 23.9 Å². The molecule has 1 aliphatic carbocycles. The third-order valence-corrected chi connectivity index (χ3v) is 4.49. The Labute approximate surface area is 135 Å². The lowest BCUT2D eigenvalue weighted by Crippen LogP contribution is -2.36. The van der Waals surface area contributed by atoms with E-state index in [1.165, 1.54) is 7.11 Å². The van der Waals surface area contributed by atoms with Gasteiger partial charge in [-0.15, -0.1) is 0 Å². The van der Waals surface area contributed by atoms with Gasteiger partial charge in [0.25, 0.3) is 0 Å². The van der Waals surface area contributed by atoms with E-state index < -0.39 is 17.9 Å². The number of ketones is 1. The van der Waals surface area contributed by atoms with E-state index in [1.54, 1.807) is 6.92 Å². The van der Waals surface area contributed by atoms with Gasteiger partial charge in [-0.3, -0.25) is 9.59 Å². The molecule has 0 radical (unpaired) electrons. The van der Waals surface area contributed by atoms with Crippen molar-refractivity contribution in [3.63, 3.8) is 0 Å². The molecule has 0 saturated heterocycles. The number of carbonyl (C=O) groups is 3. The smallest absolute Gasteiger partial charge is 0.355 e. The van der Waals surface area contributed by atoms with Crippen LogP contribution in [0.15, 0.2) is 0 Å². The van der Waals surface area contributed by atoms with E-state index in [2.05, 4.69) is 4.98 Å². The van der Waals surface area contributed by atoms with Crippen LogP contribution < -0.4 is 0 Å². The highest BCUT2D eigenvalue weighted by Crippen LogP contribution is 2.34. The summed E-state index contributed by atoms with van der Waals surface area (Å²) >= 11 is 0. The van der Waals surface area contributed by atoms with Crippen molar-refractivity contribution in [2.24, 2.45) is 11.8 Å². The minimum Gasteiger partial charge on any atom is -0.468 e. The van der Waals surface area contributed by atoms with Gasteiger partial charge in [0, 0.05) is 11.3 Å². The van der Waals surface area contributed by atoms with Crippen LogP contribution in [0.4, 0.5) is 0 Å². The summed E-state index contributed by atoms with van der Waals surface area (Å²) in [7, 11) is 1.27. The molecule has 6 nitrogen and oxygen atoms in total. The lowest BCUT2D eigenvalue weighted by Gasteiger charge is -2.25. The molecule has 1 N–H and O–H groups in total. The molecule has 1 aromatic rings. The maximum atomic E-state index is 12.7. The number of hydrogen-bond acceptors (Lipinski definition) is 5. The lowest BCUT2D eigenvalue weighted by atomic mass is 9.77. The van der Waals surface area contributed by atoms with Crippen LogP contribution in [0.3, 0.4) is 0 Å². The predicted octanol–water partition coefficient (Wildman–Crippen LogP) is 2.44. The van der Waals surface area contributed by atoms with E-state index in [0.717, 1.165) is 0 Å². The van der Waals surface area contributed by atoms with Gasteiger partial charge in [0.05, 0.1) is 13.2 Å². The van der Waals surface area contributed by atoms with Crippen LogP contribution in [0.2, 0.25) is 0 Å². The van der Waals surface area contributed by atoms with E-state index in [1.807, 2.05) is 20.8 Å². The molecule has 6 heteroatoms. The van der Waals surface area contributed by atoms with Crippen LogP contribution in [0.25, 0.3) is 0 Å². The summed E-state index contributed by atoms with van der Waals surface area (Å²) < 4.78 is 10.1. The largest absolute Gasteiger partial charge is 0.468 e. The van der Waals surface area contributed by atoms with Gasteiger partial charge in [-0.2, -0.15) is 0 Å². The van der Waals surface area contributed by atoms with E-state index in [9.17, 15) is 14.4 Å². The number of H-pyrrole nitrogens is 1. The average molecular weight is 321 g/mol. The Morgan fingerprint density at radius 1 is 1.39 bits per heavy atom. The SMILES string of the molecule is CC[C@H](C)OC(=O)c1[nH]c2c(c1C)C(=O)[C@@H](C(=O)OC)[C@H](C)C2. The van der Waals surface area contributed by atoms with Gasteiger partial charge < -0.3 is 14.5 Å². The Balaban J connectivity index is 2.38. The molecule has 0 unspecified atom stereocenters. The van der Waals surface area contributed by atoms with E-state index >= 15 is 0 Å². The summed E-state index contributed by atoms with van der Waals surface area (Å²) in [5.41, 5.74) is 1.95. The molecule has 1 aliphatic rings. The molecule has 0 amide bonds. The van der Waals surface area contributed by atoms with Crippen LogP contribution in [0, 0.1) is 18.8 Å². The number of methoxy groups -OCH3 is 1. The van der Waals surface area contributed by atoms with Gasteiger partial charge in [-0.05, 0) is 38.2 Å². The first-order chi connectivity index (χ1) is 10.8. The molecular formula is C17H23NO5. The number of aromatic amines is 1. The fourth-order valence-electron chi connectivity index (χ4n) is 2.99. The van der Waals surface area contributed by atoms with Crippen LogP contribution in [-0.2, 0) is 20.7 Å². The van der Waals surface area contributed by atoms with Crippen molar-refractivity contribution in [3.05, 3.63) is 22.5 Å². The topological polar surface area (TPSA) is 85.5 Å². The Morgan fingerprint density at radius 2 is 2.04 bits per heavy atom. The second-order valence-corrected chi connectivity index (χ2v) is 6.15. The van der Waals surface area contributed by atoms with E-state index in [-0.39, 0.29) is 17.8 Å². The van der Waals surface area contributed by atoms with Crippen molar-refractivity contribution >= 4 is 17.7 Å². The van der Waals surface area contributed by atoms with Gasteiger partial charge in [-0.25, -0.2) is 4.79 Å². The molecule has 0 spiro atoms. The summed E-state index contributed by atoms with van der Waals surface area (Å²) in [6.07, 6.45) is 1.03. The van der Waals surface area contributed by atoms with Gasteiger partial charge in [0.1, 0.15) is 11.6 Å². The van der Waals surface area contributed by atoms with Crippen molar-refractivity contribution in [1.29, 1.82) is 0 Å². The first-order valence-corrected chi connectivity index (χ1v) is 7.86. The fourth-order valence-corrected chi connectivity index (χ4v) is 2.99. The molecule has 1 heterocycles. The van der Waals surface area contributed by atoms with Crippen molar-refractivity contribution in [1.82, 2.24) is 4.98 Å². The third kappa shape index (κ3) is 3.02. The fraction of sp³-hybridized carbons (Fsp3) is 0.588. The number of nitrogens with one attached hydrogen (secondary N) is 1. The number of rotatable bonds is 4. The molecule has 0 aliphatic heterocycles. The van der Waals surface area contributed by atoms with Gasteiger partial charge in [0.15, 0.2) is 5.78 Å². The molecule has 0 saturated carbocycles. The molecule has 3 atom stereocenters. The number of Topliss-reactive ketones (excluding diaryl/α,β-unsaturated/α-hetero) is 1. The number of ether oxygens (including phenoxy) is 2. The summed E-state index contributed by atoms with van der Waals surface area (Å²) in [6, 6.07) is 0. The zero-order valence-electron chi connectivity index (χ0n) is 14.2. The monoisotopic (exact) mass is 321 g/mol. The highest BCUT2D eigenvalue weighted by Gasteiger charge is 2.41. The Morgan fingerprint density at radius 3 is 2.61 bits per heavy atom. The number of hydrogen-bond donors (Lipinski definition) is 1. The van der Waals surface area contributed by atoms with Gasteiger partial charge in [-0.1, -0.05) is 13.8 Å². The normalized spacial score (nSPS) is 21.5. The maximum Gasteiger partial charge on any atom is 0.355 e. The molecule has 0 aromatic carbocycles. The predicted molar refractivity (Wildman–Crippen MR) is 83.4 cm³/mol. The quantitative estimate of drug-likeness (QED) is 0.680. The van der Waals surface area contributed by atoms with Crippen LogP contribution in [-0.4, -0.2) is 35.9 Å². The second-order valence-electron chi connectivity index (χ2n) is 6.15. The first-order valence-electron chi connectivity index (χ1n) is 7.86. The second kappa shape index (κ2) is 6.56. The standard InChI is InChI=1S/C17H23NO5/c1-6-9(3)23-17(21)14-10(4)13-11(18-14)7-8(2)12(15(13)19)16(20)22-5/h8-9,12,18H,6-7H2,1-5H3/t8-,9+,12+/m1/s1. The summed E-state index contributed by atoms with van der Waals surface area (Å²) in [4.78, 5) is 39.9. The maximum absolute atomic E-state index is 12.7. The number of aromatic nitrogens is 1. The lowest BCUT2D eigenvalue weighted by molar-refractivity contribution is -0.145. The van der Waals surface area contributed by atoms with Crippen molar-refractivity contribution in [2.45, 2.75) is 46.6 Å². The summed E-state index contributed by atoms with van der Waals surface area (Å²) in [6.45, 7) is 7.27. The Kier molecular flexibility index (Phi) is 4.92. The summed E-state index contributed by atoms with van der Waals surface area (Å²) in [5.74, 6) is -2.29. The highest BCUT2D eigenvalue weighted by molar-refractivity contribution is 6.12.